The van der Waals surface area contributed by atoms with Crippen LogP contribution in [0.3, 0.4) is 0 Å². The lowest BCUT2D eigenvalue weighted by atomic mass is 10.1. The Balaban J connectivity index is 1.52. The number of benzene rings is 2. The van der Waals surface area contributed by atoms with Crippen LogP contribution in [0.1, 0.15) is 16.7 Å². The van der Waals surface area contributed by atoms with Crippen molar-refractivity contribution in [2.75, 3.05) is 18.1 Å². The molecule has 0 spiro atoms. The van der Waals surface area contributed by atoms with Crippen LogP contribution in [0.15, 0.2) is 46.8 Å². The molecule has 0 bridgehead atoms. The highest BCUT2D eigenvalue weighted by Crippen LogP contribution is 2.28. The Morgan fingerprint density at radius 3 is 2.79 bits per heavy atom. The number of rotatable bonds is 7. The number of carbonyl (C=O) groups is 1. The summed E-state index contributed by atoms with van der Waals surface area (Å²) in [6.07, 6.45) is 0. The fourth-order valence-corrected chi connectivity index (χ4v) is 4.32. The van der Waals surface area contributed by atoms with Crippen molar-refractivity contribution in [3.63, 3.8) is 0 Å². The van der Waals surface area contributed by atoms with Gasteiger partial charge >= 0.3 is 0 Å². The van der Waals surface area contributed by atoms with Gasteiger partial charge < -0.3 is 10.2 Å². The quantitative estimate of drug-likeness (QED) is 0.561. The summed E-state index contributed by atoms with van der Waals surface area (Å²) in [5, 5.41) is 11.7. The van der Waals surface area contributed by atoms with Gasteiger partial charge in [-0.2, -0.15) is 0 Å². The van der Waals surface area contributed by atoms with Crippen LogP contribution >= 0.6 is 23.1 Å². The Bertz CT molecular complexity index is 976. The number of aromatic nitrogens is 2. The van der Waals surface area contributed by atoms with Crippen molar-refractivity contribution in [3.05, 3.63) is 65.0 Å². The first-order valence-corrected chi connectivity index (χ1v) is 10.5. The van der Waals surface area contributed by atoms with E-state index < -0.39 is 0 Å². The van der Waals surface area contributed by atoms with Gasteiger partial charge in [-0.25, -0.2) is 4.39 Å². The van der Waals surface area contributed by atoms with Gasteiger partial charge in [-0.15, -0.1) is 10.2 Å². The first kappa shape index (κ1) is 20.3. The number of hydrogen-bond acceptors (Lipinski definition) is 6. The minimum atomic E-state index is -0.318. The highest BCUT2D eigenvalue weighted by atomic mass is 32.2. The maximum absolute atomic E-state index is 13.2. The molecule has 0 atom stereocenters. The third-order valence-corrected chi connectivity index (χ3v) is 6.09. The Kier molecular flexibility index (Phi) is 6.64. The second-order valence-electron chi connectivity index (χ2n) is 6.48. The van der Waals surface area contributed by atoms with Crippen molar-refractivity contribution >= 4 is 39.8 Å². The van der Waals surface area contributed by atoms with E-state index in [1.807, 2.05) is 0 Å². The average molecular weight is 417 g/mol. The molecule has 0 radical (unpaired) electrons. The number of thioether (sulfide) groups is 1. The summed E-state index contributed by atoms with van der Waals surface area (Å²) < 4.78 is 13.9. The van der Waals surface area contributed by atoms with E-state index in [9.17, 15) is 9.18 Å². The van der Waals surface area contributed by atoms with E-state index in [1.165, 1.54) is 46.4 Å². The zero-order chi connectivity index (χ0) is 20.1. The second kappa shape index (κ2) is 9.16. The van der Waals surface area contributed by atoms with Crippen LogP contribution < -0.4 is 5.32 Å². The number of carbonyl (C=O) groups excluding carboxylic acids is 1. The molecule has 1 aromatic heterocycles. The van der Waals surface area contributed by atoms with E-state index in [0.29, 0.717) is 21.7 Å². The molecule has 1 N–H and O–H groups in total. The van der Waals surface area contributed by atoms with Gasteiger partial charge in [0.2, 0.25) is 11.0 Å². The van der Waals surface area contributed by atoms with E-state index in [0.717, 1.165) is 5.56 Å². The molecule has 0 saturated heterocycles. The molecule has 0 saturated carbocycles. The summed E-state index contributed by atoms with van der Waals surface area (Å²) in [5.74, 6) is -0.00269. The smallest absolute Gasteiger partial charge is 0.233 e. The van der Waals surface area contributed by atoms with E-state index in [-0.39, 0.29) is 17.5 Å². The van der Waals surface area contributed by atoms with Crippen LogP contribution in [0.5, 0.6) is 0 Å². The zero-order valence-corrected chi connectivity index (χ0v) is 17.5. The van der Waals surface area contributed by atoms with E-state index in [1.54, 1.807) is 24.1 Å². The summed E-state index contributed by atoms with van der Waals surface area (Å²) in [7, 11) is 1.80. The van der Waals surface area contributed by atoms with Crippen molar-refractivity contribution in [1.82, 2.24) is 15.1 Å². The van der Waals surface area contributed by atoms with Crippen molar-refractivity contribution in [3.8, 4) is 0 Å². The molecule has 3 rings (SSSR count). The molecule has 1 amide bonds. The third-order valence-electron chi connectivity index (χ3n) is 4.13. The van der Waals surface area contributed by atoms with Crippen molar-refractivity contribution in [1.29, 1.82) is 0 Å². The minimum absolute atomic E-state index is 0.0276. The number of hydrogen-bond donors (Lipinski definition) is 1. The van der Waals surface area contributed by atoms with E-state index in [4.69, 9.17) is 0 Å². The molecule has 28 heavy (non-hydrogen) atoms. The predicted octanol–water partition coefficient (Wildman–Crippen LogP) is 4.79. The van der Waals surface area contributed by atoms with E-state index in [2.05, 4.69) is 47.6 Å². The third kappa shape index (κ3) is 5.53. The number of anilines is 2. The predicted molar refractivity (Wildman–Crippen MR) is 113 cm³/mol. The molecule has 0 aliphatic rings. The normalized spacial score (nSPS) is 10.7. The monoisotopic (exact) mass is 416 g/mol. The number of aryl methyl sites for hydroxylation is 2. The molecule has 2 aromatic carbocycles. The Morgan fingerprint density at radius 2 is 2.04 bits per heavy atom. The molecule has 0 aliphatic heterocycles. The van der Waals surface area contributed by atoms with E-state index >= 15 is 0 Å². The molecule has 146 valence electrons. The molecular formula is C20H21FN4OS2. The van der Waals surface area contributed by atoms with Crippen molar-refractivity contribution in [2.24, 2.45) is 0 Å². The number of amides is 1. The van der Waals surface area contributed by atoms with Gasteiger partial charge in [-0.05, 0) is 43.2 Å². The van der Waals surface area contributed by atoms with Gasteiger partial charge in [0.15, 0.2) is 4.34 Å². The molecule has 3 aromatic rings. The highest BCUT2D eigenvalue weighted by molar-refractivity contribution is 8.01. The van der Waals surface area contributed by atoms with Gasteiger partial charge in [-0.3, -0.25) is 4.79 Å². The second-order valence-corrected chi connectivity index (χ2v) is 8.68. The summed E-state index contributed by atoms with van der Waals surface area (Å²) in [4.78, 5) is 14.2. The van der Waals surface area contributed by atoms with Crippen molar-refractivity contribution in [2.45, 2.75) is 24.7 Å². The van der Waals surface area contributed by atoms with Gasteiger partial charge in [-0.1, -0.05) is 52.9 Å². The highest BCUT2D eigenvalue weighted by Gasteiger charge is 2.13. The molecule has 1 heterocycles. The van der Waals surface area contributed by atoms with Crippen LogP contribution in [-0.2, 0) is 11.3 Å². The average Bonchev–Trinajstić information content (AvgIpc) is 3.09. The summed E-state index contributed by atoms with van der Waals surface area (Å²) in [5.41, 5.74) is 4.15. The first-order valence-electron chi connectivity index (χ1n) is 8.69. The molecule has 0 aliphatic carbocycles. The zero-order valence-electron chi connectivity index (χ0n) is 15.9. The lowest BCUT2D eigenvalue weighted by molar-refractivity contribution is -0.127. The van der Waals surface area contributed by atoms with Crippen LogP contribution in [0.2, 0.25) is 0 Å². The summed E-state index contributed by atoms with van der Waals surface area (Å²) in [6.45, 7) is 4.69. The largest absolute Gasteiger partial charge is 0.341 e. The minimum Gasteiger partial charge on any atom is -0.341 e. The summed E-state index contributed by atoms with van der Waals surface area (Å²) in [6, 6.07) is 12.4. The Hall–Kier alpha value is -2.45. The molecule has 8 heteroatoms. The maximum Gasteiger partial charge on any atom is 0.233 e. The van der Waals surface area contributed by atoms with Gasteiger partial charge in [0, 0.05) is 19.3 Å². The fraction of sp³-hybridized carbons (Fsp3) is 0.250. The van der Waals surface area contributed by atoms with Crippen LogP contribution in [-0.4, -0.2) is 33.8 Å². The summed E-state index contributed by atoms with van der Waals surface area (Å²) >= 11 is 2.68. The van der Waals surface area contributed by atoms with Gasteiger partial charge in [0.25, 0.3) is 0 Å². The topological polar surface area (TPSA) is 58.1 Å². The number of nitrogens with zero attached hydrogens (tertiary/aromatic N) is 3. The molecular weight excluding hydrogens is 395 g/mol. The Morgan fingerprint density at radius 1 is 1.21 bits per heavy atom. The van der Waals surface area contributed by atoms with Gasteiger partial charge in [0.05, 0.1) is 5.75 Å². The molecule has 5 nitrogen and oxygen atoms in total. The maximum atomic E-state index is 13.2. The standard InChI is InChI=1S/C20H21FN4OS2/c1-13-7-8-15(14(2)9-13)11-25(3)18(26)12-27-20-24-23-19(28-20)22-17-6-4-5-16(21)10-17/h4-10H,11-12H2,1-3H3,(H,22,23). The fourth-order valence-electron chi connectivity index (χ4n) is 2.61. The SMILES string of the molecule is Cc1ccc(CN(C)C(=O)CSc2nnc(Nc3cccc(F)c3)s2)c(C)c1. The first-order chi connectivity index (χ1) is 13.4. The van der Waals surface area contributed by atoms with Crippen LogP contribution in [0.25, 0.3) is 0 Å². The lowest BCUT2D eigenvalue weighted by Crippen LogP contribution is -2.28. The Labute approximate surface area is 172 Å². The molecule has 0 unspecified atom stereocenters. The van der Waals surface area contributed by atoms with Gasteiger partial charge in [0.1, 0.15) is 5.82 Å². The van der Waals surface area contributed by atoms with Crippen molar-refractivity contribution < 1.29 is 9.18 Å². The van der Waals surface area contributed by atoms with Crippen LogP contribution in [0.4, 0.5) is 15.2 Å². The van der Waals surface area contributed by atoms with Crippen LogP contribution in [0, 0.1) is 19.7 Å². The number of halogens is 1. The lowest BCUT2D eigenvalue weighted by Gasteiger charge is -2.18. The number of nitrogens with one attached hydrogen (secondary N) is 1. The molecule has 0 fully saturated rings.